The van der Waals surface area contributed by atoms with Gasteiger partial charge in [0.1, 0.15) is 30.5 Å². The van der Waals surface area contributed by atoms with Crippen molar-refractivity contribution >= 4 is 16.3 Å². The largest absolute Gasteiger partial charge is 1.00 e. The van der Waals surface area contributed by atoms with Gasteiger partial charge in [0.25, 0.3) is 0 Å². The minimum atomic E-state index is -5.08. The van der Waals surface area contributed by atoms with Gasteiger partial charge >= 0.3 is 40.0 Å². The summed E-state index contributed by atoms with van der Waals surface area (Å²) in [5.74, 6) is -0.388. The number of hydrogen-bond donors (Lipinski definition) is 5. The fraction of sp³-hybridized carbons (Fsp3) is 0.925. The molecule has 0 unspecified atom stereocenters. The Bertz CT molecular complexity index is 1040. The molecule has 12 nitrogen and oxygen atoms in total. The van der Waals surface area contributed by atoms with Gasteiger partial charge in [-0.1, -0.05) is 167 Å². The van der Waals surface area contributed by atoms with Crippen LogP contribution in [0.25, 0.3) is 0 Å². The number of aliphatic hydroxyl groups is 4. The van der Waals surface area contributed by atoms with E-state index in [2.05, 4.69) is 23.0 Å². The molecule has 0 aliphatic carbocycles. The molecule has 1 rings (SSSR count). The number of unbranched alkanes of at least 4 members (excludes halogenated alkanes) is 23. The zero-order valence-electron chi connectivity index (χ0n) is 34.0. The Hall–Kier alpha value is -0.160. The van der Waals surface area contributed by atoms with E-state index in [1.807, 2.05) is 6.08 Å². The maximum absolute atomic E-state index is 12.9. The maximum Gasteiger partial charge on any atom is 1.00 e. The van der Waals surface area contributed by atoms with Gasteiger partial charge in [-0.3, -0.25) is 9.55 Å². The molecule has 1 saturated heterocycles. The van der Waals surface area contributed by atoms with Gasteiger partial charge in [0.05, 0.1) is 19.3 Å². The van der Waals surface area contributed by atoms with Crippen LogP contribution >= 0.6 is 0 Å². The third-order valence-electron chi connectivity index (χ3n) is 9.99. The Labute approximate surface area is 350 Å². The van der Waals surface area contributed by atoms with Crippen LogP contribution in [-0.4, -0.2) is 95.4 Å². The summed E-state index contributed by atoms with van der Waals surface area (Å²) in [7, 11) is -5.08. The first-order valence-electron chi connectivity index (χ1n) is 21.0. The predicted molar refractivity (Wildman–Crippen MR) is 208 cm³/mol. The quantitative estimate of drug-likeness (QED) is 0.0156. The molecule has 0 aromatic rings. The van der Waals surface area contributed by atoms with Crippen molar-refractivity contribution in [1.29, 1.82) is 0 Å². The average molecular weight is 802 g/mol. The van der Waals surface area contributed by atoms with Gasteiger partial charge < -0.3 is 35.0 Å². The molecule has 0 aromatic carbocycles. The molecule has 1 fully saturated rings. The fourth-order valence-electron chi connectivity index (χ4n) is 6.68. The van der Waals surface area contributed by atoms with Crippen LogP contribution in [0.1, 0.15) is 181 Å². The van der Waals surface area contributed by atoms with Crippen LogP contribution in [0.15, 0.2) is 17.1 Å². The van der Waals surface area contributed by atoms with E-state index in [0.29, 0.717) is 6.42 Å². The van der Waals surface area contributed by atoms with Gasteiger partial charge in [0.15, 0.2) is 6.29 Å². The van der Waals surface area contributed by atoms with Gasteiger partial charge in [0.2, 0.25) is 0 Å². The standard InChI is InChI=1S/C40H77NO11S.Na/c1-3-5-7-9-11-13-15-17-19-21-23-25-27-29-34(43)33(32-50-40-38(46)39(52-53(47,48)49)37(45)35(31-42)51-40)41-36(44)30-28-26-24-22-20-18-16-14-12-10-8-6-4-2;/h27,29,33-35,37-40,42-43,45-46H,3-26,28,30-32H2,1-2H3,(H,41,44)(H,47,48,49);/q;+1/p-1/b29-27+;/t33-,34+,35+,37-,38+,39-,40+;/m0./s1. The van der Waals surface area contributed by atoms with E-state index in [1.165, 1.54) is 116 Å². The molecule has 314 valence electrons. The number of ether oxygens (including phenoxy) is 2. The molecule has 1 aliphatic heterocycles. The van der Waals surface area contributed by atoms with E-state index in [4.69, 9.17) is 14.0 Å². The topological polar surface area (TPSA) is 198 Å². The zero-order chi connectivity index (χ0) is 39.2. The summed E-state index contributed by atoms with van der Waals surface area (Å²) in [6, 6.07) is -1.06. The maximum atomic E-state index is 12.9. The molecular weight excluding hydrogens is 725 g/mol. The van der Waals surface area contributed by atoms with E-state index in [9.17, 15) is 34.0 Å². The Balaban J connectivity index is 0.0000281. The molecule has 0 saturated carbocycles. The van der Waals surface area contributed by atoms with Crippen molar-refractivity contribution < 1.29 is 81.7 Å². The van der Waals surface area contributed by atoms with Gasteiger partial charge in [-0.05, 0) is 31.6 Å². The van der Waals surface area contributed by atoms with Crippen LogP contribution in [0.2, 0.25) is 0 Å². The number of nitrogens with zero attached hydrogens (tertiary/aromatic N) is 1. The van der Waals surface area contributed by atoms with Crippen molar-refractivity contribution in [3.8, 4) is 0 Å². The molecule has 0 amide bonds. The SMILES string of the molecule is CCCCCCCCCCCCC/C=C/[C@@H](O)[C@H](CO[C@@H]1O[C@H](CO)[C@H](O)[C@H](OS(=O)(=O)O)[C@H]1O)N=C([O-])CCCCCCCCCCCCCCC.[Na+]. The zero-order valence-corrected chi connectivity index (χ0v) is 36.9. The summed E-state index contributed by atoms with van der Waals surface area (Å²) in [6.07, 6.45) is 23.5. The fourth-order valence-corrected chi connectivity index (χ4v) is 7.19. The Morgan fingerprint density at radius 3 is 1.65 bits per heavy atom. The summed E-state index contributed by atoms with van der Waals surface area (Å²) < 4.78 is 47.4. The summed E-state index contributed by atoms with van der Waals surface area (Å²) >= 11 is 0. The molecule has 1 aliphatic rings. The second kappa shape index (κ2) is 34.8. The monoisotopic (exact) mass is 802 g/mol. The van der Waals surface area contributed by atoms with Gasteiger partial charge in [-0.25, -0.2) is 4.18 Å². The van der Waals surface area contributed by atoms with Crippen molar-refractivity contribution in [3.05, 3.63) is 12.2 Å². The summed E-state index contributed by atoms with van der Waals surface area (Å²) in [5.41, 5.74) is 0. The summed E-state index contributed by atoms with van der Waals surface area (Å²) in [5, 5.41) is 54.5. The van der Waals surface area contributed by atoms with E-state index < -0.39 is 66.5 Å². The first-order chi connectivity index (χ1) is 25.5. The minimum absolute atomic E-state index is 0. The Morgan fingerprint density at radius 2 is 1.20 bits per heavy atom. The second-order valence-electron chi connectivity index (χ2n) is 14.9. The molecule has 14 heteroatoms. The van der Waals surface area contributed by atoms with Gasteiger partial charge in [0, 0.05) is 0 Å². The van der Waals surface area contributed by atoms with Crippen LogP contribution in [0.3, 0.4) is 0 Å². The van der Waals surface area contributed by atoms with E-state index >= 15 is 0 Å². The van der Waals surface area contributed by atoms with E-state index in [1.54, 1.807) is 6.08 Å². The molecular formula is C40H76NNaO11S. The van der Waals surface area contributed by atoms with E-state index in [0.717, 1.165) is 38.5 Å². The number of hydrogen-bond acceptors (Lipinski definition) is 11. The Morgan fingerprint density at radius 1 is 0.759 bits per heavy atom. The second-order valence-corrected chi connectivity index (χ2v) is 15.9. The van der Waals surface area contributed by atoms with Crippen LogP contribution in [0.5, 0.6) is 0 Å². The van der Waals surface area contributed by atoms with Gasteiger partial charge in [-0.15, -0.1) is 0 Å². The first-order valence-corrected chi connectivity index (χ1v) is 22.4. The van der Waals surface area contributed by atoms with Crippen molar-refractivity contribution in [1.82, 2.24) is 0 Å². The number of aliphatic hydroxyl groups excluding tert-OH is 4. The normalized spacial score (nSPS) is 22.1. The third-order valence-corrected chi connectivity index (χ3v) is 10.5. The molecule has 54 heavy (non-hydrogen) atoms. The average Bonchev–Trinajstić information content (AvgIpc) is 3.12. The molecule has 0 bridgehead atoms. The predicted octanol–water partition coefficient (Wildman–Crippen LogP) is 3.86. The van der Waals surface area contributed by atoms with Gasteiger partial charge in [-0.2, -0.15) is 8.42 Å². The van der Waals surface area contributed by atoms with Crippen molar-refractivity contribution in [3.63, 3.8) is 0 Å². The van der Waals surface area contributed by atoms with Crippen LogP contribution in [0.4, 0.5) is 0 Å². The number of aliphatic imine (C=N–C) groups is 1. The van der Waals surface area contributed by atoms with Crippen LogP contribution in [-0.2, 0) is 24.1 Å². The summed E-state index contributed by atoms with van der Waals surface area (Å²) in [6.45, 7) is 3.29. The molecule has 7 atom stereocenters. The van der Waals surface area contributed by atoms with Crippen LogP contribution in [0, 0.1) is 0 Å². The van der Waals surface area contributed by atoms with Crippen LogP contribution < -0.4 is 34.7 Å². The van der Waals surface area contributed by atoms with Crippen molar-refractivity contribution in [2.45, 2.75) is 224 Å². The molecule has 0 spiro atoms. The number of rotatable bonds is 35. The van der Waals surface area contributed by atoms with Crippen molar-refractivity contribution in [2.75, 3.05) is 13.2 Å². The molecule has 0 radical (unpaired) electrons. The first kappa shape index (κ1) is 53.8. The third kappa shape index (κ3) is 27.5. The number of allylic oxidation sites excluding steroid dienone is 1. The Kier molecular flexibility index (Phi) is 34.7. The van der Waals surface area contributed by atoms with Crippen molar-refractivity contribution in [2.24, 2.45) is 4.99 Å². The molecule has 5 N–H and O–H groups in total. The molecule has 0 aromatic heterocycles. The summed E-state index contributed by atoms with van der Waals surface area (Å²) in [4.78, 5) is 4.22. The minimum Gasteiger partial charge on any atom is -0.862 e. The van der Waals surface area contributed by atoms with E-state index in [-0.39, 0.29) is 41.9 Å². The molecule has 1 heterocycles. The smallest absolute Gasteiger partial charge is 0.862 e.